The first-order valence-corrected chi connectivity index (χ1v) is 16.3. The summed E-state index contributed by atoms with van der Waals surface area (Å²) in [6, 6.07) is -3.48. The van der Waals surface area contributed by atoms with E-state index in [1.807, 2.05) is 0 Å². The second-order valence-corrected chi connectivity index (χ2v) is 13.6. The van der Waals surface area contributed by atoms with Gasteiger partial charge in [0, 0.05) is 32.5 Å². The lowest BCUT2D eigenvalue weighted by molar-refractivity contribution is -0.147. The molecule has 4 N–H and O–H groups in total. The number of Topliss-reactive ketones (excluding diaryl/α,β-unsaturated/α-hetero) is 1. The van der Waals surface area contributed by atoms with Crippen molar-refractivity contribution in [2.45, 2.75) is 96.8 Å². The van der Waals surface area contributed by atoms with Gasteiger partial charge >= 0.3 is 0 Å². The fourth-order valence-electron chi connectivity index (χ4n) is 6.09. The van der Waals surface area contributed by atoms with Gasteiger partial charge in [-0.3, -0.25) is 38.5 Å². The van der Waals surface area contributed by atoms with Crippen LogP contribution in [0.5, 0.6) is 0 Å². The molecule has 0 aromatic carbocycles. The standard InChI is InChI=1S/C33H48N8O7/c1-8-11-21(26(43)31(47)36-18-25(42)40(6)7)38-30(46)24-16-20-12-9-10-13-23(20)41(24)32(48)27(33(3,4)5)39-28(44)19(2)37-29(45)22-17-34-14-15-35-22/h14-15,17,20-21,23-24,27H,2,8-13,16,18H2,1,3-7H3,(H,36,47)(H,37,45)(H,38,46)(H,39,44)/t20-,21-,23-,24-,27+/m0/s1. The minimum Gasteiger partial charge on any atom is -0.347 e. The minimum atomic E-state index is -1.16. The van der Waals surface area contributed by atoms with Crippen LogP contribution in [-0.4, -0.2) is 106 Å². The maximum Gasteiger partial charge on any atom is 0.290 e. The molecule has 1 aliphatic carbocycles. The van der Waals surface area contributed by atoms with E-state index in [9.17, 15) is 33.6 Å². The van der Waals surface area contributed by atoms with E-state index in [1.54, 1.807) is 32.6 Å². The summed E-state index contributed by atoms with van der Waals surface area (Å²) in [7, 11) is 3.04. The summed E-state index contributed by atoms with van der Waals surface area (Å²) in [6.07, 6.45) is 8.28. The first-order valence-electron chi connectivity index (χ1n) is 16.3. The van der Waals surface area contributed by atoms with Crippen LogP contribution in [0.3, 0.4) is 0 Å². The Labute approximate surface area is 281 Å². The molecule has 1 aromatic heterocycles. The second-order valence-electron chi connectivity index (χ2n) is 13.6. The van der Waals surface area contributed by atoms with Gasteiger partial charge in [0.1, 0.15) is 17.8 Å². The summed E-state index contributed by atoms with van der Waals surface area (Å²) < 4.78 is 0. The molecule has 0 bridgehead atoms. The largest absolute Gasteiger partial charge is 0.347 e. The number of carbonyl (C=O) groups is 7. The molecular weight excluding hydrogens is 620 g/mol. The predicted molar refractivity (Wildman–Crippen MR) is 175 cm³/mol. The normalized spacial score (nSPS) is 20.0. The molecule has 0 unspecified atom stereocenters. The molecule has 1 saturated heterocycles. The Bertz CT molecular complexity index is 1410. The highest BCUT2D eigenvalue weighted by Crippen LogP contribution is 2.41. The van der Waals surface area contributed by atoms with Crippen LogP contribution in [0.1, 0.15) is 83.1 Å². The van der Waals surface area contributed by atoms with Gasteiger partial charge < -0.3 is 31.1 Å². The van der Waals surface area contributed by atoms with Crippen molar-refractivity contribution in [3.8, 4) is 0 Å². The molecule has 5 atom stereocenters. The topological polar surface area (TPSA) is 200 Å². The van der Waals surface area contributed by atoms with E-state index < -0.39 is 64.8 Å². The fourth-order valence-corrected chi connectivity index (χ4v) is 6.09. The third-order valence-electron chi connectivity index (χ3n) is 8.70. The average Bonchev–Trinajstić information content (AvgIpc) is 3.44. The van der Waals surface area contributed by atoms with Gasteiger partial charge in [0.2, 0.25) is 23.5 Å². The zero-order valence-corrected chi connectivity index (χ0v) is 28.6. The first-order chi connectivity index (χ1) is 22.6. The summed E-state index contributed by atoms with van der Waals surface area (Å²) in [5.41, 5.74) is -1.15. The van der Waals surface area contributed by atoms with Gasteiger partial charge in [0.15, 0.2) is 0 Å². The number of hydrogen-bond donors (Lipinski definition) is 4. The fraction of sp³-hybridized carbons (Fsp3) is 0.606. The van der Waals surface area contributed by atoms with Crippen molar-refractivity contribution < 1.29 is 33.6 Å². The summed E-state index contributed by atoms with van der Waals surface area (Å²) >= 11 is 0. The average molecular weight is 669 g/mol. The van der Waals surface area contributed by atoms with Crippen molar-refractivity contribution >= 4 is 41.2 Å². The Hall–Kier alpha value is -4.69. The van der Waals surface area contributed by atoms with Gasteiger partial charge in [-0.1, -0.05) is 53.5 Å². The van der Waals surface area contributed by atoms with E-state index in [0.717, 1.165) is 19.3 Å². The molecule has 262 valence electrons. The minimum absolute atomic E-state index is 0.0245. The Morgan fingerprint density at radius 2 is 1.71 bits per heavy atom. The van der Waals surface area contributed by atoms with Crippen LogP contribution in [0.15, 0.2) is 30.9 Å². The monoisotopic (exact) mass is 668 g/mol. The lowest BCUT2D eigenvalue weighted by Gasteiger charge is -2.39. The molecule has 6 amide bonds. The van der Waals surface area contributed by atoms with Crippen LogP contribution < -0.4 is 21.3 Å². The Kier molecular flexibility index (Phi) is 12.9. The Morgan fingerprint density at radius 3 is 2.31 bits per heavy atom. The van der Waals surface area contributed by atoms with E-state index >= 15 is 0 Å². The van der Waals surface area contributed by atoms with Crippen LogP contribution in [0, 0.1) is 11.3 Å². The smallest absolute Gasteiger partial charge is 0.290 e. The maximum absolute atomic E-state index is 14.5. The molecular formula is C33H48N8O7. The second kappa shape index (κ2) is 16.4. The van der Waals surface area contributed by atoms with Crippen LogP contribution in [0.4, 0.5) is 0 Å². The van der Waals surface area contributed by atoms with Crippen LogP contribution in [0.25, 0.3) is 0 Å². The van der Waals surface area contributed by atoms with E-state index in [1.165, 1.54) is 37.6 Å². The third kappa shape index (κ3) is 9.44. The molecule has 15 heteroatoms. The molecule has 2 aliphatic rings. The molecule has 1 aliphatic heterocycles. The van der Waals surface area contributed by atoms with Gasteiger partial charge in [-0.25, -0.2) is 4.98 Å². The summed E-state index contributed by atoms with van der Waals surface area (Å²) in [6.45, 7) is 10.4. The van der Waals surface area contributed by atoms with E-state index in [4.69, 9.17) is 0 Å². The van der Waals surface area contributed by atoms with Crippen molar-refractivity contribution in [1.29, 1.82) is 0 Å². The van der Waals surface area contributed by atoms with Gasteiger partial charge in [-0.05, 0) is 37.0 Å². The number of rotatable bonds is 13. The van der Waals surface area contributed by atoms with Crippen molar-refractivity contribution in [3.63, 3.8) is 0 Å². The van der Waals surface area contributed by atoms with E-state index in [-0.39, 0.29) is 36.3 Å². The number of nitrogens with one attached hydrogen (secondary N) is 4. The zero-order chi connectivity index (χ0) is 35.8. The van der Waals surface area contributed by atoms with Gasteiger partial charge in [0.05, 0.1) is 24.5 Å². The molecule has 2 heterocycles. The number of hydrogen-bond acceptors (Lipinski definition) is 9. The van der Waals surface area contributed by atoms with Crippen LogP contribution in [0.2, 0.25) is 0 Å². The number of ketones is 1. The van der Waals surface area contributed by atoms with Gasteiger partial charge in [0.25, 0.3) is 17.7 Å². The van der Waals surface area contributed by atoms with Gasteiger partial charge in [-0.15, -0.1) is 0 Å². The summed E-state index contributed by atoms with van der Waals surface area (Å²) in [4.78, 5) is 102. The predicted octanol–water partition coefficient (Wildman–Crippen LogP) is 0.469. The number of nitrogens with zero attached hydrogens (tertiary/aromatic N) is 4. The molecule has 3 rings (SSSR count). The highest BCUT2D eigenvalue weighted by molar-refractivity contribution is 6.38. The number of aromatic nitrogens is 2. The highest BCUT2D eigenvalue weighted by Gasteiger charge is 2.51. The SMILES string of the molecule is C=C(NC(=O)c1cnccn1)C(=O)N[C@H](C(=O)N1[C@H](C(=O)N[C@@H](CCC)C(=O)C(=O)NCC(=O)N(C)C)C[C@@H]2CCCC[C@@H]21)C(C)(C)C. The van der Waals surface area contributed by atoms with Crippen molar-refractivity contribution in [2.24, 2.45) is 11.3 Å². The number of amides is 6. The lowest BCUT2D eigenvalue weighted by Crippen LogP contribution is -2.61. The number of likely N-dealkylation sites (N-methyl/N-ethyl adjacent to an activating group) is 1. The third-order valence-corrected chi connectivity index (χ3v) is 8.70. The molecule has 48 heavy (non-hydrogen) atoms. The first kappa shape index (κ1) is 37.8. The molecule has 0 spiro atoms. The molecule has 1 saturated carbocycles. The van der Waals surface area contributed by atoms with Gasteiger partial charge in [-0.2, -0.15) is 0 Å². The number of carbonyl (C=O) groups excluding carboxylic acids is 7. The van der Waals surface area contributed by atoms with Crippen molar-refractivity contribution in [2.75, 3.05) is 20.6 Å². The Balaban J connectivity index is 1.81. The van der Waals surface area contributed by atoms with E-state index in [2.05, 4.69) is 37.8 Å². The lowest BCUT2D eigenvalue weighted by atomic mass is 9.83. The van der Waals surface area contributed by atoms with Crippen LogP contribution >= 0.6 is 0 Å². The quantitative estimate of drug-likeness (QED) is 0.170. The molecule has 0 radical (unpaired) electrons. The molecule has 1 aromatic rings. The highest BCUT2D eigenvalue weighted by atomic mass is 16.2. The maximum atomic E-state index is 14.5. The van der Waals surface area contributed by atoms with Crippen LogP contribution in [-0.2, 0) is 28.8 Å². The number of likely N-dealkylation sites (tertiary alicyclic amines) is 1. The Morgan fingerprint density at radius 1 is 1.02 bits per heavy atom. The summed E-state index contributed by atoms with van der Waals surface area (Å²) in [5, 5.41) is 10.1. The zero-order valence-electron chi connectivity index (χ0n) is 28.6. The molecule has 15 nitrogen and oxygen atoms in total. The molecule has 2 fully saturated rings. The number of fused-ring (bicyclic) bond motifs is 1. The van der Waals surface area contributed by atoms with Crippen molar-refractivity contribution in [3.05, 3.63) is 36.6 Å². The van der Waals surface area contributed by atoms with Crippen molar-refractivity contribution in [1.82, 2.24) is 41.0 Å². The summed E-state index contributed by atoms with van der Waals surface area (Å²) in [5.74, 6) is -4.75. The van der Waals surface area contributed by atoms with E-state index in [0.29, 0.717) is 19.3 Å².